The van der Waals surface area contributed by atoms with Gasteiger partial charge in [-0.15, -0.1) is 0 Å². The maximum atomic E-state index is 13.1. The largest absolute Gasteiger partial charge is 0.481 e. The molecule has 15 nitrogen and oxygen atoms in total. The lowest BCUT2D eigenvalue weighted by Gasteiger charge is -2.45. The minimum Gasteiger partial charge on any atom is -0.481 e. The summed E-state index contributed by atoms with van der Waals surface area (Å²) < 4.78 is 29.7. The Kier molecular flexibility index (Phi) is 52.5. The molecule has 85 heavy (non-hydrogen) atoms. The SMILES string of the molecule is CCCCCCCCC(CCCCCCCC)OC(=O)CCCCCCCN(CCCCCCCC(=O)OC(CCCCCCCC)CCCCCCCC)CCCCCCO[C@H]1O[C@@H](COC(C)=O)[C@H](CC(=O)O)[C@H](CC(=O)O)[C@@H]1CC(=O)O. The Bertz CT molecular complexity index is 1550. The standard InChI is InChI=1S/C70H129NO14/c1-6-10-14-18-24-34-44-59(45-35-25-19-15-11-7-2)83-68(79)48-38-28-22-30-40-50-71(51-41-31-23-29-39-49-69(80)84-60(46-36-26-20-16-12-8-3)47-37-27-21-17-13-9-4)52-42-32-33-43-53-81-70-63(56-67(77)78)61(54-65(73)74)62(55-66(75)76)64(85-70)57-82-58(5)72/h59-64,70H,6-57H2,1-5H3,(H,73,74)(H,75,76)(H,77,78)/t61-,62+,63-,64-,70-/m0/s1. The molecule has 1 fully saturated rings. The van der Waals surface area contributed by atoms with Crippen molar-refractivity contribution in [2.24, 2.45) is 17.8 Å². The van der Waals surface area contributed by atoms with Crippen LogP contribution in [0, 0.1) is 17.8 Å². The van der Waals surface area contributed by atoms with E-state index in [1.807, 2.05) is 0 Å². The van der Waals surface area contributed by atoms with Crippen molar-refractivity contribution in [2.45, 2.75) is 361 Å². The van der Waals surface area contributed by atoms with Crippen molar-refractivity contribution in [3.05, 3.63) is 0 Å². The van der Waals surface area contributed by atoms with E-state index < -0.39 is 73.3 Å². The molecule has 0 spiro atoms. The zero-order valence-corrected chi connectivity index (χ0v) is 55.1. The van der Waals surface area contributed by atoms with E-state index in [-0.39, 0.29) is 37.4 Å². The summed E-state index contributed by atoms with van der Waals surface area (Å²) in [5.74, 6) is -6.94. The molecule has 0 radical (unpaired) electrons. The van der Waals surface area contributed by atoms with Crippen molar-refractivity contribution in [3.63, 3.8) is 0 Å². The van der Waals surface area contributed by atoms with Gasteiger partial charge in [0, 0.05) is 44.6 Å². The van der Waals surface area contributed by atoms with Crippen LogP contribution in [0.25, 0.3) is 0 Å². The van der Waals surface area contributed by atoms with Crippen molar-refractivity contribution >= 4 is 35.8 Å². The second-order valence-corrected chi connectivity index (χ2v) is 25.2. The summed E-state index contributed by atoms with van der Waals surface area (Å²) in [6, 6.07) is 0. The Morgan fingerprint density at radius 1 is 0.400 bits per heavy atom. The molecule has 0 aromatic heterocycles. The fourth-order valence-corrected chi connectivity index (χ4v) is 12.4. The molecule has 0 aromatic carbocycles. The highest BCUT2D eigenvalue weighted by atomic mass is 16.7. The van der Waals surface area contributed by atoms with Crippen LogP contribution in [0.2, 0.25) is 0 Å². The first-order chi connectivity index (χ1) is 41.2. The normalized spacial score (nSPS) is 17.0. The predicted octanol–water partition coefficient (Wildman–Crippen LogP) is 17.9. The molecule has 1 heterocycles. The smallest absolute Gasteiger partial charge is 0.306 e. The Hall–Kier alpha value is -3.30. The first-order valence-corrected chi connectivity index (χ1v) is 35.4. The van der Waals surface area contributed by atoms with Crippen LogP contribution in [0.15, 0.2) is 0 Å². The first-order valence-electron chi connectivity index (χ1n) is 35.4. The second-order valence-electron chi connectivity index (χ2n) is 25.2. The molecule has 0 unspecified atom stereocenters. The third-order valence-corrected chi connectivity index (χ3v) is 17.4. The highest BCUT2D eigenvalue weighted by molar-refractivity contribution is 5.71. The highest BCUT2D eigenvalue weighted by Crippen LogP contribution is 2.42. The molecule has 0 saturated carbocycles. The lowest BCUT2D eigenvalue weighted by molar-refractivity contribution is -0.266. The van der Waals surface area contributed by atoms with Gasteiger partial charge in [-0.2, -0.15) is 0 Å². The van der Waals surface area contributed by atoms with Gasteiger partial charge in [0.05, 0.1) is 18.9 Å². The van der Waals surface area contributed by atoms with Gasteiger partial charge in [-0.05, 0) is 115 Å². The van der Waals surface area contributed by atoms with Crippen LogP contribution >= 0.6 is 0 Å². The zero-order valence-electron chi connectivity index (χ0n) is 55.1. The second kappa shape index (κ2) is 56.0. The summed E-state index contributed by atoms with van der Waals surface area (Å²) >= 11 is 0. The molecule has 0 aliphatic carbocycles. The van der Waals surface area contributed by atoms with E-state index in [0.717, 1.165) is 154 Å². The number of carboxylic acids is 3. The van der Waals surface area contributed by atoms with Crippen LogP contribution in [0.3, 0.4) is 0 Å². The van der Waals surface area contributed by atoms with Crippen LogP contribution in [0.1, 0.15) is 336 Å². The van der Waals surface area contributed by atoms with Gasteiger partial charge in [0.25, 0.3) is 0 Å². The fraction of sp³-hybridized carbons (Fsp3) is 0.914. The van der Waals surface area contributed by atoms with Crippen LogP contribution in [-0.2, 0) is 52.5 Å². The van der Waals surface area contributed by atoms with Gasteiger partial charge in [0.15, 0.2) is 6.29 Å². The molecule has 498 valence electrons. The number of aliphatic carboxylic acids is 3. The average molecular weight is 1210 g/mol. The van der Waals surface area contributed by atoms with Gasteiger partial charge in [0.2, 0.25) is 0 Å². The predicted molar refractivity (Wildman–Crippen MR) is 341 cm³/mol. The number of ether oxygens (including phenoxy) is 5. The summed E-state index contributed by atoms with van der Waals surface area (Å²) in [4.78, 5) is 76.4. The average Bonchev–Trinajstić information content (AvgIpc) is 1.61. The van der Waals surface area contributed by atoms with Crippen LogP contribution in [-0.4, -0.2) is 113 Å². The molecular formula is C70H129NO14. The zero-order chi connectivity index (χ0) is 62.4. The minimum absolute atomic E-state index is 0.0315. The van der Waals surface area contributed by atoms with Crippen molar-refractivity contribution < 1.29 is 67.8 Å². The highest BCUT2D eigenvalue weighted by Gasteiger charge is 2.48. The minimum atomic E-state index is -1.19. The molecule has 1 aliphatic heterocycles. The van der Waals surface area contributed by atoms with Crippen LogP contribution in [0.5, 0.6) is 0 Å². The van der Waals surface area contributed by atoms with Crippen molar-refractivity contribution in [2.75, 3.05) is 32.8 Å². The number of unbranched alkanes of at least 4 members (excludes halogenated alkanes) is 31. The van der Waals surface area contributed by atoms with Crippen molar-refractivity contribution in [3.8, 4) is 0 Å². The summed E-state index contributed by atoms with van der Waals surface area (Å²) in [6.45, 7) is 13.1. The molecule has 1 aliphatic rings. The third-order valence-electron chi connectivity index (χ3n) is 17.4. The Balaban J connectivity index is 2.81. The topological polar surface area (TPSA) is 212 Å². The number of carbonyl (C=O) groups excluding carboxylic acids is 3. The number of hydrogen-bond acceptors (Lipinski definition) is 12. The number of nitrogens with zero attached hydrogens (tertiary/aromatic N) is 1. The van der Waals surface area contributed by atoms with Gasteiger partial charge in [0.1, 0.15) is 18.8 Å². The molecule has 0 aromatic rings. The number of esters is 3. The number of carbonyl (C=O) groups is 6. The Morgan fingerprint density at radius 3 is 1.08 bits per heavy atom. The van der Waals surface area contributed by atoms with E-state index in [0.29, 0.717) is 19.3 Å². The Labute approximate surface area is 518 Å². The molecule has 15 heteroatoms. The first kappa shape index (κ1) is 79.7. The van der Waals surface area contributed by atoms with E-state index >= 15 is 0 Å². The van der Waals surface area contributed by atoms with Gasteiger partial charge in [-0.3, -0.25) is 28.8 Å². The van der Waals surface area contributed by atoms with Crippen molar-refractivity contribution in [1.82, 2.24) is 4.90 Å². The number of hydrogen-bond donors (Lipinski definition) is 3. The summed E-state index contributed by atoms with van der Waals surface area (Å²) in [5.41, 5.74) is 0. The Morgan fingerprint density at radius 2 is 0.718 bits per heavy atom. The molecule has 3 N–H and O–H groups in total. The van der Waals surface area contributed by atoms with Crippen molar-refractivity contribution in [1.29, 1.82) is 0 Å². The number of carboxylic acid groups (broad SMARTS) is 3. The van der Waals surface area contributed by atoms with E-state index in [4.69, 9.17) is 23.7 Å². The van der Waals surface area contributed by atoms with E-state index in [1.165, 1.54) is 135 Å². The molecule has 0 bridgehead atoms. The van der Waals surface area contributed by atoms with Crippen LogP contribution < -0.4 is 0 Å². The molecule has 0 amide bonds. The fourth-order valence-electron chi connectivity index (χ4n) is 12.4. The monoisotopic (exact) mass is 1210 g/mol. The van der Waals surface area contributed by atoms with Crippen LogP contribution in [0.4, 0.5) is 0 Å². The van der Waals surface area contributed by atoms with Gasteiger partial charge < -0.3 is 43.9 Å². The van der Waals surface area contributed by atoms with Gasteiger partial charge in [-0.1, -0.05) is 207 Å². The lowest BCUT2D eigenvalue weighted by atomic mass is 9.71. The molecule has 5 atom stereocenters. The van der Waals surface area contributed by atoms with E-state index in [1.54, 1.807) is 0 Å². The molecule has 1 rings (SSSR count). The molecular weight excluding hydrogens is 1080 g/mol. The number of rotatable bonds is 62. The summed E-state index contributed by atoms with van der Waals surface area (Å²) in [5, 5.41) is 29.4. The van der Waals surface area contributed by atoms with Gasteiger partial charge in [-0.25, -0.2) is 0 Å². The van der Waals surface area contributed by atoms with E-state index in [9.17, 15) is 44.1 Å². The van der Waals surface area contributed by atoms with E-state index in [2.05, 4.69) is 32.6 Å². The molecule has 1 saturated heterocycles. The third kappa shape index (κ3) is 46.5. The quantitative estimate of drug-likeness (QED) is 0.0294. The maximum Gasteiger partial charge on any atom is 0.306 e. The van der Waals surface area contributed by atoms with Gasteiger partial charge >= 0.3 is 35.8 Å². The summed E-state index contributed by atoms with van der Waals surface area (Å²) in [6.07, 6.45) is 45.1. The maximum absolute atomic E-state index is 13.1. The summed E-state index contributed by atoms with van der Waals surface area (Å²) in [7, 11) is 0. The lowest BCUT2D eigenvalue weighted by Crippen LogP contribution is -2.52.